The van der Waals surface area contributed by atoms with Crippen molar-refractivity contribution in [3.05, 3.63) is 0 Å². The molecule has 0 aliphatic carbocycles. The summed E-state index contributed by atoms with van der Waals surface area (Å²) in [7, 11) is 4.30. The first-order valence-electron chi connectivity index (χ1n) is 4.60. The van der Waals surface area contributed by atoms with Crippen LogP contribution in [0.4, 0.5) is 0 Å². The van der Waals surface area contributed by atoms with E-state index in [0.717, 1.165) is 0 Å². The molecule has 0 amide bonds. The Balaban J connectivity index is 2.52. The lowest BCUT2D eigenvalue weighted by atomic mass is 9.87. The van der Waals surface area contributed by atoms with Crippen LogP contribution in [0.15, 0.2) is 0 Å². The highest BCUT2D eigenvalue weighted by Crippen LogP contribution is 2.22. The largest absolute Gasteiger partial charge is 0.313 e. The molecule has 1 rings (SSSR count). The van der Waals surface area contributed by atoms with Gasteiger partial charge in [-0.15, -0.1) is 0 Å². The van der Waals surface area contributed by atoms with Crippen LogP contribution in [0.2, 0.25) is 0 Å². The SMILES string of the molecule is CCC1(NC)CCCN(C)C1. The first kappa shape index (κ1) is 9.01. The lowest BCUT2D eigenvalue weighted by Gasteiger charge is -2.40. The molecule has 1 unspecified atom stereocenters. The molecule has 0 bridgehead atoms. The molecule has 1 saturated heterocycles. The van der Waals surface area contributed by atoms with Gasteiger partial charge in [0.15, 0.2) is 0 Å². The van der Waals surface area contributed by atoms with E-state index < -0.39 is 0 Å². The van der Waals surface area contributed by atoms with Crippen LogP contribution in [-0.2, 0) is 0 Å². The molecule has 0 spiro atoms. The van der Waals surface area contributed by atoms with Crippen molar-refractivity contribution in [1.29, 1.82) is 0 Å². The molecule has 1 atom stereocenters. The van der Waals surface area contributed by atoms with E-state index >= 15 is 0 Å². The second-order valence-corrected chi connectivity index (χ2v) is 3.73. The zero-order chi connectivity index (χ0) is 8.32. The van der Waals surface area contributed by atoms with Gasteiger partial charge in [-0.05, 0) is 39.9 Å². The molecular formula is C9H20N2. The maximum absolute atomic E-state index is 3.46. The minimum Gasteiger partial charge on any atom is -0.313 e. The van der Waals surface area contributed by atoms with Crippen LogP contribution in [0.5, 0.6) is 0 Å². The molecule has 1 fully saturated rings. The quantitative estimate of drug-likeness (QED) is 0.643. The molecule has 1 N–H and O–H groups in total. The number of piperidine rings is 1. The molecule has 0 aromatic carbocycles. The van der Waals surface area contributed by atoms with E-state index in [-0.39, 0.29) is 0 Å². The molecule has 0 aromatic heterocycles. The Morgan fingerprint density at radius 1 is 1.55 bits per heavy atom. The zero-order valence-corrected chi connectivity index (χ0v) is 7.98. The first-order chi connectivity index (χ1) is 5.22. The Labute approximate surface area is 70.0 Å². The third-order valence-corrected chi connectivity index (χ3v) is 2.97. The van der Waals surface area contributed by atoms with E-state index in [1.165, 1.54) is 32.4 Å². The Hall–Kier alpha value is -0.0800. The zero-order valence-electron chi connectivity index (χ0n) is 7.98. The van der Waals surface area contributed by atoms with Gasteiger partial charge in [-0.2, -0.15) is 0 Å². The van der Waals surface area contributed by atoms with Crippen molar-refractivity contribution in [1.82, 2.24) is 10.2 Å². The van der Waals surface area contributed by atoms with Crippen LogP contribution in [0.3, 0.4) is 0 Å². The molecule has 11 heavy (non-hydrogen) atoms. The molecule has 2 heteroatoms. The van der Waals surface area contributed by atoms with Gasteiger partial charge in [-0.3, -0.25) is 0 Å². The first-order valence-corrected chi connectivity index (χ1v) is 4.60. The number of rotatable bonds is 2. The summed E-state index contributed by atoms with van der Waals surface area (Å²) in [5, 5.41) is 3.46. The van der Waals surface area contributed by atoms with Gasteiger partial charge < -0.3 is 10.2 Å². The van der Waals surface area contributed by atoms with Crippen molar-refractivity contribution < 1.29 is 0 Å². The van der Waals surface area contributed by atoms with Gasteiger partial charge >= 0.3 is 0 Å². The van der Waals surface area contributed by atoms with Crippen LogP contribution < -0.4 is 5.32 Å². The van der Waals surface area contributed by atoms with E-state index in [9.17, 15) is 0 Å². The van der Waals surface area contributed by atoms with Gasteiger partial charge in [-0.25, -0.2) is 0 Å². The summed E-state index contributed by atoms with van der Waals surface area (Å²) in [4.78, 5) is 2.42. The molecule has 2 nitrogen and oxygen atoms in total. The van der Waals surface area contributed by atoms with Crippen molar-refractivity contribution in [3.8, 4) is 0 Å². The third-order valence-electron chi connectivity index (χ3n) is 2.97. The second kappa shape index (κ2) is 3.55. The van der Waals surface area contributed by atoms with E-state index in [1.807, 2.05) is 0 Å². The lowest BCUT2D eigenvalue weighted by molar-refractivity contribution is 0.148. The summed E-state index contributed by atoms with van der Waals surface area (Å²) in [6.45, 7) is 4.75. The minimum atomic E-state index is 0.410. The van der Waals surface area contributed by atoms with E-state index in [0.29, 0.717) is 5.54 Å². The number of nitrogens with one attached hydrogen (secondary N) is 1. The monoisotopic (exact) mass is 156 g/mol. The van der Waals surface area contributed by atoms with Gasteiger partial charge in [0, 0.05) is 12.1 Å². The standard InChI is InChI=1S/C9H20N2/c1-4-9(10-2)6-5-7-11(3)8-9/h10H,4-8H2,1-3H3. The smallest absolute Gasteiger partial charge is 0.0303 e. The van der Waals surface area contributed by atoms with E-state index in [1.54, 1.807) is 0 Å². The van der Waals surface area contributed by atoms with Crippen molar-refractivity contribution in [3.63, 3.8) is 0 Å². The second-order valence-electron chi connectivity index (χ2n) is 3.73. The maximum atomic E-state index is 3.46. The average Bonchev–Trinajstić information content (AvgIpc) is 2.04. The van der Waals surface area contributed by atoms with E-state index in [2.05, 4.69) is 31.2 Å². The number of nitrogens with zero attached hydrogens (tertiary/aromatic N) is 1. The minimum absolute atomic E-state index is 0.410. The summed E-state index contributed by atoms with van der Waals surface area (Å²) in [5.74, 6) is 0. The summed E-state index contributed by atoms with van der Waals surface area (Å²) in [6, 6.07) is 0. The van der Waals surface area contributed by atoms with Gasteiger partial charge in [0.2, 0.25) is 0 Å². The number of hydrogen-bond acceptors (Lipinski definition) is 2. The fraction of sp³-hybridized carbons (Fsp3) is 1.00. The van der Waals surface area contributed by atoms with Crippen molar-refractivity contribution in [2.75, 3.05) is 27.2 Å². The number of hydrogen-bond donors (Lipinski definition) is 1. The predicted molar refractivity (Wildman–Crippen MR) is 48.8 cm³/mol. The van der Waals surface area contributed by atoms with Crippen molar-refractivity contribution >= 4 is 0 Å². The van der Waals surface area contributed by atoms with Crippen LogP contribution in [0.25, 0.3) is 0 Å². The maximum Gasteiger partial charge on any atom is 0.0303 e. The Bertz CT molecular complexity index is 119. The van der Waals surface area contributed by atoms with Crippen LogP contribution in [-0.4, -0.2) is 37.6 Å². The number of likely N-dealkylation sites (N-methyl/N-ethyl adjacent to an activating group) is 2. The Morgan fingerprint density at radius 3 is 2.64 bits per heavy atom. The van der Waals surface area contributed by atoms with Gasteiger partial charge in [0.1, 0.15) is 0 Å². The summed E-state index contributed by atoms with van der Waals surface area (Å²) in [6.07, 6.45) is 3.92. The highest BCUT2D eigenvalue weighted by Gasteiger charge is 2.30. The number of likely N-dealkylation sites (tertiary alicyclic amines) is 1. The topological polar surface area (TPSA) is 15.3 Å². The molecular weight excluding hydrogens is 136 g/mol. The predicted octanol–water partition coefficient (Wildman–Crippen LogP) is 1.08. The van der Waals surface area contributed by atoms with Gasteiger partial charge in [-0.1, -0.05) is 6.92 Å². The molecule has 0 aromatic rings. The summed E-state index contributed by atoms with van der Waals surface area (Å²) in [5.41, 5.74) is 0.410. The normalized spacial score (nSPS) is 34.1. The Morgan fingerprint density at radius 2 is 2.27 bits per heavy atom. The molecule has 1 aliphatic rings. The third kappa shape index (κ3) is 1.94. The van der Waals surface area contributed by atoms with Gasteiger partial charge in [0.05, 0.1) is 0 Å². The highest BCUT2D eigenvalue weighted by atomic mass is 15.2. The van der Waals surface area contributed by atoms with E-state index in [4.69, 9.17) is 0 Å². The fourth-order valence-corrected chi connectivity index (χ4v) is 2.03. The molecule has 1 aliphatic heterocycles. The highest BCUT2D eigenvalue weighted by molar-refractivity contribution is 4.91. The van der Waals surface area contributed by atoms with Gasteiger partial charge in [0.25, 0.3) is 0 Å². The molecule has 1 heterocycles. The van der Waals surface area contributed by atoms with Crippen molar-refractivity contribution in [2.24, 2.45) is 0 Å². The molecule has 0 saturated carbocycles. The van der Waals surface area contributed by atoms with Crippen LogP contribution in [0.1, 0.15) is 26.2 Å². The lowest BCUT2D eigenvalue weighted by Crippen LogP contribution is -2.54. The molecule has 0 radical (unpaired) electrons. The Kier molecular flexibility index (Phi) is 2.90. The molecule has 66 valence electrons. The average molecular weight is 156 g/mol. The fourth-order valence-electron chi connectivity index (χ4n) is 2.03. The summed E-state index contributed by atoms with van der Waals surface area (Å²) >= 11 is 0. The van der Waals surface area contributed by atoms with Crippen molar-refractivity contribution in [2.45, 2.75) is 31.7 Å². The van der Waals surface area contributed by atoms with Crippen LogP contribution >= 0.6 is 0 Å². The summed E-state index contributed by atoms with van der Waals surface area (Å²) < 4.78 is 0. The van der Waals surface area contributed by atoms with Crippen LogP contribution in [0, 0.1) is 0 Å².